The molecule has 0 aromatic heterocycles. The molecule has 10 heteroatoms. The fraction of sp³-hybridized carbons (Fsp3) is 0.898. The fourth-order valence-electron chi connectivity index (χ4n) is 6.27. The monoisotopic (exact) mass is 844 g/mol. The predicted octanol–water partition coefficient (Wildman–Crippen LogP) is 13.1. The minimum absolute atomic E-state index is 0.00290. The lowest BCUT2D eigenvalue weighted by molar-refractivity contribution is -0.156. The van der Waals surface area contributed by atoms with Crippen LogP contribution in [-0.2, 0) is 42.9 Å². The van der Waals surface area contributed by atoms with E-state index in [1.54, 1.807) is 4.90 Å². The lowest BCUT2D eigenvalue weighted by Gasteiger charge is -2.20. The fourth-order valence-corrected chi connectivity index (χ4v) is 6.27. The van der Waals surface area contributed by atoms with Gasteiger partial charge in [-0.2, -0.15) is 0 Å². The molecule has 3 atom stereocenters. The van der Waals surface area contributed by atoms with Gasteiger partial charge in [0.25, 0.3) is 0 Å². The molecule has 59 heavy (non-hydrogen) atoms. The zero-order valence-corrected chi connectivity index (χ0v) is 40.9. The molecular weight excluding hydrogens is 747 g/mol. The molecule has 1 aliphatic rings. The largest absolute Gasteiger partial charge is 0.469 e. The van der Waals surface area contributed by atoms with E-state index in [1.165, 1.54) is 71.3 Å². The van der Waals surface area contributed by atoms with Crippen molar-refractivity contribution in [3.63, 3.8) is 0 Å². The van der Waals surface area contributed by atoms with Crippen molar-refractivity contribution >= 4 is 29.8 Å². The SMILES string of the molecule is CC.CC.CC.CCCCCCCCC(=O)OC.CCCCCCCCOC(=O)CC(COC(=O)CCCCCCCC)CC(=O)OC1CN(C(=O)CCCC)CC1C. The minimum atomic E-state index is -0.507. The topological polar surface area (TPSA) is 126 Å². The van der Waals surface area contributed by atoms with E-state index >= 15 is 0 Å². The highest BCUT2D eigenvalue weighted by Gasteiger charge is 2.35. The van der Waals surface area contributed by atoms with Gasteiger partial charge < -0.3 is 23.8 Å². The van der Waals surface area contributed by atoms with Gasteiger partial charge in [-0.15, -0.1) is 0 Å². The number of carbonyl (C=O) groups excluding carboxylic acids is 5. The standard InChI is InChI=1S/C33H59NO7.C10H20O2.3C2H6/c1-5-8-11-13-15-17-20-31(36)40-26-28(22-32(37)39-21-18-16-14-12-9-6-2)23-33(38)41-29-25-34(24-27(29)4)30(35)19-10-7-3;1-3-4-5-6-7-8-9-10(11)12-2;3*1-2/h27-29H,5-26H2,1-4H3;3-9H2,1-2H3;3*1-2H3. The summed E-state index contributed by atoms with van der Waals surface area (Å²) in [6, 6.07) is 0. The highest BCUT2D eigenvalue weighted by Crippen LogP contribution is 2.23. The first kappa shape index (κ1) is 63.0. The van der Waals surface area contributed by atoms with Crippen LogP contribution in [-0.4, -0.2) is 74.2 Å². The van der Waals surface area contributed by atoms with Crippen molar-refractivity contribution in [1.29, 1.82) is 0 Å². The second-order valence-electron chi connectivity index (χ2n) is 15.0. The second-order valence-corrected chi connectivity index (χ2v) is 15.0. The van der Waals surface area contributed by atoms with Crippen LogP contribution in [0.25, 0.3) is 0 Å². The zero-order valence-electron chi connectivity index (χ0n) is 40.9. The van der Waals surface area contributed by atoms with Crippen LogP contribution < -0.4 is 0 Å². The maximum Gasteiger partial charge on any atom is 0.306 e. The third kappa shape index (κ3) is 41.9. The van der Waals surface area contributed by atoms with Gasteiger partial charge in [-0.3, -0.25) is 24.0 Å². The molecule has 3 unspecified atom stereocenters. The van der Waals surface area contributed by atoms with Crippen molar-refractivity contribution in [2.24, 2.45) is 11.8 Å². The lowest BCUT2D eigenvalue weighted by atomic mass is 10.0. The van der Waals surface area contributed by atoms with E-state index in [1.807, 2.05) is 48.5 Å². The number of hydrogen-bond donors (Lipinski definition) is 0. The van der Waals surface area contributed by atoms with Gasteiger partial charge >= 0.3 is 23.9 Å². The molecule has 1 aliphatic heterocycles. The van der Waals surface area contributed by atoms with Gasteiger partial charge in [0.05, 0.1) is 39.7 Å². The highest BCUT2D eigenvalue weighted by molar-refractivity contribution is 5.77. The van der Waals surface area contributed by atoms with Crippen LogP contribution in [0.3, 0.4) is 0 Å². The molecule has 1 saturated heterocycles. The van der Waals surface area contributed by atoms with Gasteiger partial charge in [0.2, 0.25) is 5.91 Å². The number of amides is 1. The van der Waals surface area contributed by atoms with Crippen LogP contribution in [0.4, 0.5) is 0 Å². The maximum absolute atomic E-state index is 12.9. The van der Waals surface area contributed by atoms with Crippen LogP contribution in [0.5, 0.6) is 0 Å². The first-order valence-corrected chi connectivity index (χ1v) is 24.5. The number of hydrogen-bond acceptors (Lipinski definition) is 9. The van der Waals surface area contributed by atoms with Gasteiger partial charge in [-0.25, -0.2) is 0 Å². The number of esters is 4. The number of unbranched alkanes of at least 4 members (excludes halogenated alkanes) is 16. The Balaban J connectivity index is -0.000000705. The van der Waals surface area contributed by atoms with E-state index in [-0.39, 0.29) is 55.3 Å². The maximum atomic E-state index is 12.9. The lowest BCUT2D eigenvalue weighted by Crippen LogP contribution is -2.31. The summed E-state index contributed by atoms with van der Waals surface area (Å²) in [7, 11) is 1.44. The summed E-state index contributed by atoms with van der Waals surface area (Å²) >= 11 is 0. The summed E-state index contributed by atoms with van der Waals surface area (Å²) in [5.74, 6) is -1.57. The molecule has 0 aliphatic carbocycles. The summed E-state index contributed by atoms with van der Waals surface area (Å²) in [6.45, 7) is 23.9. The number of rotatable bonds is 31. The highest BCUT2D eigenvalue weighted by atomic mass is 16.6. The molecule has 10 nitrogen and oxygen atoms in total. The molecule has 0 radical (unpaired) electrons. The first-order chi connectivity index (χ1) is 28.6. The van der Waals surface area contributed by atoms with Crippen molar-refractivity contribution in [1.82, 2.24) is 4.90 Å². The van der Waals surface area contributed by atoms with Crippen LogP contribution >= 0.6 is 0 Å². The number of likely N-dealkylation sites (tertiary alicyclic amines) is 1. The molecule has 1 fully saturated rings. The Morgan fingerprint density at radius 1 is 0.508 bits per heavy atom. The Morgan fingerprint density at radius 3 is 1.44 bits per heavy atom. The van der Waals surface area contributed by atoms with E-state index in [0.29, 0.717) is 39.0 Å². The molecule has 0 spiro atoms. The summed E-state index contributed by atoms with van der Waals surface area (Å²) in [5.41, 5.74) is 0. The molecule has 0 bridgehead atoms. The summed E-state index contributed by atoms with van der Waals surface area (Å²) in [4.78, 5) is 62.7. The van der Waals surface area contributed by atoms with E-state index in [0.717, 1.165) is 64.2 Å². The molecule has 1 rings (SSSR count). The van der Waals surface area contributed by atoms with Crippen LogP contribution in [0.1, 0.15) is 237 Å². The molecule has 0 N–H and O–H groups in total. The summed E-state index contributed by atoms with van der Waals surface area (Å²) in [5, 5.41) is 0. The minimum Gasteiger partial charge on any atom is -0.469 e. The molecule has 0 saturated carbocycles. The summed E-state index contributed by atoms with van der Waals surface area (Å²) < 4.78 is 21.2. The molecule has 0 aromatic carbocycles. The zero-order chi connectivity index (χ0) is 45.5. The first-order valence-electron chi connectivity index (χ1n) is 24.5. The van der Waals surface area contributed by atoms with E-state index in [2.05, 4.69) is 32.4 Å². The number of ether oxygens (including phenoxy) is 4. The van der Waals surface area contributed by atoms with Crippen LogP contribution in [0.15, 0.2) is 0 Å². The normalized spacial score (nSPS) is 14.3. The number of nitrogens with zero attached hydrogens (tertiary/aromatic N) is 1. The molecular formula is C49H97NO9. The average Bonchev–Trinajstić information content (AvgIpc) is 3.62. The second kappa shape index (κ2) is 49.7. The van der Waals surface area contributed by atoms with E-state index < -0.39 is 11.9 Å². The smallest absolute Gasteiger partial charge is 0.306 e. The van der Waals surface area contributed by atoms with Gasteiger partial charge in [0.15, 0.2) is 0 Å². The Kier molecular flexibility index (Phi) is 53.1. The number of carbonyl (C=O) groups is 5. The Labute approximate surface area is 364 Å². The van der Waals surface area contributed by atoms with E-state index in [4.69, 9.17) is 14.2 Å². The van der Waals surface area contributed by atoms with Crippen molar-refractivity contribution < 1.29 is 42.9 Å². The molecule has 1 amide bonds. The Morgan fingerprint density at radius 2 is 0.949 bits per heavy atom. The van der Waals surface area contributed by atoms with E-state index in [9.17, 15) is 24.0 Å². The van der Waals surface area contributed by atoms with Gasteiger partial charge in [-0.1, -0.05) is 179 Å². The molecule has 0 aromatic rings. The quantitative estimate of drug-likeness (QED) is 0.0381. The molecule has 352 valence electrons. The van der Waals surface area contributed by atoms with Crippen molar-refractivity contribution in [3.05, 3.63) is 0 Å². The van der Waals surface area contributed by atoms with Crippen molar-refractivity contribution in [2.75, 3.05) is 33.4 Å². The van der Waals surface area contributed by atoms with Gasteiger partial charge in [0.1, 0.15) is 6.10 Å². The summed E-state index contributed by atoms with van der Waals surface area (Å²) in [6.07, 6.45) is 23.2. The van der Waals surface area contributed by atoms with Crippen molar-refractivity contribution in [2.45, 2.75) is 243 Å². The van der Waals surface area contributed by atoms with Gasteiger partial charge in [0, 0.05) is 37.6 Å². The predicted molar refractivity (Wildman–Crippen MR) is 245 cm³/mol. The van der Waals surface area contributed by atoms with Crippen molar-refractivity contribution in [3.8, 4) is 0 Å². The molecule has 1 heterocycles. The Hall–Kier alpha value is -2.65. The third-order valence-electron chi connectivity index (χ3n) is 9.77. The van der Waals surface area contributed by atoms with Gasteiger partial charge in [-0.05, 0) is 25.7 Å². The third-order valence-corrected chi connectivity index (χ3v) is 9.77. The van der Waals surface area contributed by atoms with Crippen LogP contribution in [0.2, 0.25) is 0 Å². The average molecular weight is 844 g/mol. The number of methoxy groups -OCH3 is 1. The van der Waals surface area contributed by atoms with Crippen LogP contribution in [0, 0.1) is 11.8 Å². The Bertz CT molecular complexity index is 958.